The van der Waals surface area contributed by atoms with E-state index in [0.717, 1.165) is 43.5 Å². The third-order valence-corrected chi connectivity index (χ3v) is 5.53. The number of benzene rings is 1. The minimum Gasteiger partial charge on any atom is -0.491 e. The molecule has 3 aliphatic rings. The predicted octanol–water partition coefficient (Wildman–Crippen LogP) is 3.07. The molecule has 134 valence electrons. The van der Waals surface area contributed by atoms with Crippen LogP contribution < -0.4 is 4.74 Å². The first-order chi connectivity index (χ1) is 11.7. The molecule has 3 saturated heterocycles. The number of hydrogen-bond donors (Lipinski definition) is 0. The molecule has 24 heavy (non-hydrogen) atoms. The Hall–Kier alpha value is -0.810. The van der Waals surface area contributed by atoms with Gasteiger partial charge >= 0.3 is 0 Å². The summed E-state index contributed by atoms with van der Waals surface area (Å²) in [5, 5.41) is 0.705. The van der Waals surface area contributed by atoms with Crippen LogP contribution in [-0.4, -0.2) is 68.9 Å². The largest absolute Gasteiger partial charge is 0.491 e. The van der Waals surface area contributed by atoms with E-state index >= 15 is 0 Å². The summed E-state index contributed by atoms with van der Waals surface area (Å²) in [5.41, 5.74) is 1.16. The third-order valence-electron chi connectivity index (χ3n) is 5.24. The molecule has 1 aromatic carbocycles. The number of fused-ring (bicyclic) bond motifs is 4. The highest BCUT2D eigenvalue weighted by Gasteiger charge is 2.34. The zero-order chi connectivity index (χ0) is 16.9. The van der Waals surface area contributed by atoms with Crippen LogP contribution in [0, 0.1) is 12.8 Å². The average Bonchev–Trinajstić information content (AvgIpc) is 2.85. The fourth-order valence-electron chi connectivity index (χ4n) is 3.95. The van der Waals surface area contributed by atoms with Gasteiger partial charge in [0.1, 0.15) is 12.4 Å². The highest BCUT2D eigenvalue weighted by molar-refractivity contribution is 6.32. The van der Waals surface area contributed by atoms with Crippen LogP contribution >= 0.6 is 11.6 Å². The van der Waals surface area contributed by atoms with Gasteiger partial charge in [-0.25, -0.2) is 0 Å². The van der Waals surface area contributed by atoms with Gasteiger partial charge in [0.2, 0.25) is 0 Å². The van der Waals surface area contributed by atoms with Crippen LogP contribution in [0.25, 0.3) is 0 Å². The SMILES string of the molecule is COCCN1C[C@H]2CC[C@@H]1CN(CCOc1ccc(C)cc1Cl)C2. The summed E-state index contributed by atoms with van der Waals surface area (Å²) in [5.74, 6) is 1.57. The molecule has 4 rings (SSSR count). The van der Waals surface area contributed by atoms with Gasteiger partial charge in [-0.3, -0.25) is 9.80 Å². The first-order valence-corrected chi connectivity index (χ1v) is 9.38. The lowest BCUT2D eigenvalue weighted by molar-refractivity contribution is 0.0865. The van der Waals surface area contributed by atoms with E-state index in [0.29, 0.717) is 17.7 Å². The van der Waals surface area contributed by atoms with Crippen molar-refractivity contribution in [3.05, 3.63) is 28.8 Å². The molecule has 5 heteroatoms. The maximum absolute atomic E-state index is 6.24. The summed E-state index contributed by atoms with van der Waals surface area (Å²) in [6.07, 6.45) is 2.67. The molecular weight excluding hydrogens is 324 g/mol. The Labute approximate surface area is 150 Å². The molecule has 0 saturated carbocycles. The normalized spacial score (nSPS) is 25.0. The number of hydrogen-bond acceptors (Lipinski definition) is 4. The molecule has 0 spiro atoms. The number of piperidine rings is 1. The number of halogens is 1. The van der Waals surface area contributed by atoms with E-state index in [9.17, 15) is 0 Å². The lowest BCUT2D eigenvalue weighted by Gasteiger charge is -2.35. The van der Waals surface area contributed by atoms with Crippen molar-refractivity contribution in [1.82, 2.24) is 9.80 Å². The molecule has 0 aliphatic carbocycles. The minimum absolute atomic E-state index is 0.668. The van der Waals surface area contributed by atoms with Crippen LogP contribution in [0.5, 0.6) is 5.75 Å². The molecule has 4 nitrogen and oxygen atoms in total. The number of ether oxygens (including phenoxy) is 2. The van der Waals surface area contributed by atoms with Gasteiger partial charge in [0.05, 0.1) is 11.6 Å². The van der Waals surface area contributed by atoms with Crippen molar-refractivity contribution in [3.8, 4) is 5.75 Å². The number of nitrogens with zero attached hydrogens (tertiary/aromatic N) is 2. The van der Waals surface area contributed by atoms with Gasteiger partial charge in [-0.15, -0.1) is 0 Å². The molecule has 0 unspecified atom stereocenters. The molecule has 2 bridgehead atoms. The first kappa shape index (κ1) is 18.0. The Morgan fingerprint density at radius 3 is 2.79 bits per heavy atom. The first-order valence-electron chi connectivity index (χ1n) is 9.00. The molecule has 2 atom stereocenters. The van der Waals surface area contributed by atoms with E-state index in [1.54, 1.807) is 7.11 Å². The van der Waals surface area contributed by atoms with E-state index in [1.165, 1.54) is 25.9 Å². The van der Waals surface area contributed by atoms with E-state index in [2.05, 4.69) is 9.80 Å². The molecule has 0 N–H and O–H groups in total. The van der Waals surface area contributed by atoms with E-state index < -0.39 is 0 Å². The van der Waals surface area contributed by atoms with Crippen LogP contribution in [0.1, 0.15) is 18.4 Å². The zero-order valence-corrected chi connectivity index (χ0v) is 15.6. The van der Waals surface area contributed by atoms with Crippen LogP contribution in [0.3, 0.4) is 0 Å². The number of methoxy groups -OCH3 is 1. The molecule has 0 radical (unpaired) electrons. The standard InChI is InChI=1S/C19H29ClN2O2/c1-15-3-6-19(18(20)11-15)24-10-7-21-12-16-4-5-17(14-21)22(13-16)8-9-23-2/h3,6,11,16-17H,4-5,7-10,12-14H2,1-2H3/t16-,17+/m0/s1. The van der Waals surface area contributed by atoms with E-state index in [4.69, 9.17) is 21.1 Å². The highest BCUT2D eigenvalue weighted by Crippen LogP contribution is 2.28. The van der Waals surface area contributed by atoms with Crippen LogP contribution in [0.4, 0.5) is 0 Å². The van der Waals surface area contributed by atoms with Gasteiger partial charge in [0.15, 0.2) is 0 Å². The molecule has 1 aromatic rings. The summed E-state index contributed by atoms with van der Waals surface area (Å²) in [6, 6.07) is 6.63. The van der Waals surface area contributed by atoms with Crippen molar-refractivity contribution in [2.24, 2.45) is 5.92 Å². The van der Waals surface area contributed by atoms with Gasteiger partial charge in [-0.1, -0.05) is 17.7 Å². The van der Waals surface area contributed by atoms with Gasteiger partial charge < -0.3 is 9.47 Å². The van der Waals surface area contributed by atoms with Gasteiger partial charge in [-0.2, -0.15) is 0 Å². The van der Waals surface area contributed by atoms with Crippen molar-refractivity contribution in [2.75, 3.05) is 53.0 Å². The topological polar surface area (TPSA) is 24.9 Å². The molecule has 0 aromatic heterocycles. The van der Waals surface area contributed by atoms with Crippen molar-refractivity contribution in [2.45, 2.75) is 25.8 Å². The quantitative estimate of drug-likeness (QED) is 0.753. The smallest absolute Gasteiger partial charge is 0.137 e. The third kappa shape index (κ3) is 4.63. The van der Waals surface area contributed by atoms with E-state index in [1.807, 2.05) is 25.1 Å². The van der Waals surface area contributed by atoms with Crippen LogP contribution in [0.2, 0.25) is 5.02 Å². The lowest BCUT2D eigenvalue weighted by atomic mass is 9.95. The van der Waals surface area contributed by atoms with Gasteiger partial charge in [0.25, 0.3) is 0 Å². The minimum atomic E-state index is 0.668. The summed E-state index contributed by atoms with van der Waals surface area (Å²) in [7, 11) is 1.79. The maximum Gasteiger partial charge on any atom is 0.137 e. The molecule has 0 amide bonds. The second kappa shape index (κ2) is 8.52. The second-order valence-corrected chi connectivity index (χ2v) is 7.53. The number of rotatable bonds is 7. The molecule has 3 fully saturated rings. The van der Waals surface area contributed by atoms with Crippen molar-refractivity contribution in [3.63, 3.8) is 0 Å². The fraction of sp³-hybridized carbons (Fsp3) is 0.684. The summed E-state index contributed by atoms with van der Waals surface area (Å²) >= 11 is 6.24. The monoisotopic (exact) mass is 352 g/mol. The second-order valence-electron chi connectivity index (χ2n) is 7.13. The zero-order valence-electron chi connectivity index (χ0n) is 14.8. The average molecular weight is 353 g/mol. The summed E-state index contributed by atoms with van der Waals surface area (Å²) < 4.78 is 11.2. The highest BCUT2D eigenvalue weighted by atomic mass is 35.5. The fourth-order valence-corrected chi connectivity index (χ4v) is 4.24. The maximum atomic E-state index is 6.24. The Balaban J connectivity index is 1.49. The molecule has 3 aliphatic heterocycles. The van der Waals surface area contributed by atoms with Crippen molar-refractivity contribution >= 4 is 11.6 Å². The van der Waals surface area contributed by atoms with Gasteiger partial charge in [-0.05, 0) is 43.4 Å². The predicted molar refractivity (Wildman–Crippen MR) is 98.1 cm³/mol. The van der Waals surface area contributed by atoms with Gasteiger partial charge in [0, 0.05) is 45.9 Å². The Morgan fingerprint density at radius 2 is 2.00 bits per heavy atom. The van der Waals surface area contributed by atoms with Crippen molar-refractivity contribution in [1.29, 1.82) is 0 Å². The Morgan fingerprint density at radius 1 is 1.12 bits per heavy atom. The molecular formula is C19H29ClN2O2. The summed E-state index contributed by atoms with van der Waals surface area (Å²) in [4.78, 5) is 5.19. The number of aryl methyl sites for hydroxylation is 1. The Kier molecular flexibility index (Phi) is 6.39. The van der Waals surface area contributed by atoms with Crippen LogP contribution in [0.15, 0.2) is 18.2 Å². The lowest BCUT2D eigenvalue weighted by Crippen LogP contribution is -2.45. The molecule has 3 heterocycles. The van der Waals surface area contributed by atoms with E-state index in [-0.39, 0.29) is 0 Å². The van der Waals surface area contributed by atoms with Crippen molar-refractivity contribution < 1.29 is 9.47 Å². The van der Waals surface area contributed by atoms with Crippen LogP contribution in [-0.2, 0) is 4.74 Å². The summed E-state index contributed by atoms with van der Waals surface area (Å²) in [6.45, 7) is 9.14. The Bertz CT molecular complexity index is 540.